The van der Waals surface area contributed by atoms with Gasteiger partial charge in [0.1, 0.15) is 0 Å². The van der Waals surface area contributed by atoms with Gasteiger partial charge >= 0.3 is 11.9 Å². The van der Waals surface area contributed by atoms with Crippen molar-refractivity contribution in [3.8, 4) is 23.0 Å². The number of hydrogen-bond acceptors (Lipinski definition) is 8. The van der Waals surface area contributed by atoms with Crippen molar-refractivity contribution in [1.29, 1.82) is 0 Å². The molecule has 0 amide bonds. The van der Waals surface area contributed by atoms with Crippen LogP contribution in [-0.4, -0.2) is 49.6 Å². The average Bonchev–Trinajstić information content (AvgIpc) is 2.85. The molecule has 0 fully saturated rings. The lowest BCUT2D eigenvalue weighted by atomic mass is 9.83. The Bertz CT molecular complexity index is 933. The lowest BCUT2D eigenvalue weighted by molar-refractivity contribution is -0.153. The second-order valence-corrected chi connectivity index (χ2v) is 9.51. The van der Waals surface area contributed by atoms with E-state index < -0.39 is 0 Å². The minimum Gasteiger partial charge on any atom is -0.504 e. The zero-order valence-electron chi connectivity index (χ0n) is 21.9. The van der Waals surface area contributed by atoms with E-state index in [2.05, 4.69) is 0 Å². The molecule has 0 saturated heterocycles. The van der Waals surface area contributed by atoms with Crippen LogP contribution >= 0.6 is 0 Å². The van der Waals surface area contributed by atoms with E-state index in [0.717, 1.165) is 11.1 Å². The van der Waals surface area contributed by atoms with Gasteiger partial charge in [-0.25, -0.2) is 0 Å². The Balaban J connectivity index is 2.40. The zero-order valence-corrected chi connectivity index (χ0v) is 21.9. The van der Waals surface area contributed by atoms with Crippen molar-refractivity contribution in [2.75, 3.05) is 27.4 Å². The monoisotopic (exact) mass is 502 g/mol. The smallest absolute Gasteiger partial charge is 0.308 e. The third-order valence-electron chi connectivity index (χ3n) is 5.97. The van der Waals surface area contributed by atoms with Gasteiger partial charge in [-0.2, -0.15) is 0 Å². The lowest BCUT2D eigenvalue weighted by Crippen LogP contribution is -2.31. The van der Waals surface area contributed by atoms with E-state index in [1.165, 1.54) is 14.2 Å². The fourth-order valence-electron chi connectivity index (χ4n) is 3.74. The van der Waals surface area contributed by atoms with Crippen LogP contribution in [0.5, 0.6) is 23.0 Å². The molecule has 2 rings (SSSR count). The Hall–Kier alpha value is -3.42. The summed E-state index contributed by atoms with van der Waals surface area (Å²) >= 11 is 0. The van der Waals surface area contributed by atoms with E-state index >= 15 is 0 Å². The molecule has 2 aromatic carbocycles. The Morgan fingerprint density at radius 3 is 1.36 bits per heavy atom. The quantitative estimate of drug-likeness (QED) is 0.384. The van der Waals surface area contributed by atoms with Crippen molar-refractivity contribution in [2.45, 2.75) is 40.5 Å². The minimum atomic E-state index is -0.312. The summed E-state index contributed by atoms with van der Waals surface area (Å²) in [6, 6.07) is 10.2. The zero-order chi connectivity index (χ0) is 26.8. The average molecular weight is 503 g/mol. The van der Waals surface area contributed by atoms with Gasteiger partial charge in [-0.1, -0.05) is 39.8 Å². The van der Waals surface area contributed by atoms with Crippen molar-refractivity contribution in [1.82, 2.24) is 0 Å². The number of esters is 2. The van der Waals surface area contributed by atoms with E-state index in [1.54, 1.807) is 64.1 Å². The molecular weight excluding hydrogens is 464 g/mol. The highest BCUT2D eigenvalue weighted by atomic mass is 16.5. The molecule has 0 spiro atoms. The Morgan fingerprint density at radius 2 is 1.06 bits per heavy atom. The number of carbonyl (C=O) groups excluding carboxylic acids is 2. The van der Waals surface area contributed by atoms with Crippen LogP contribution in [0.3, 0.4) is 0 Å². The minimum absolute atomic E-state index is 0.0302. The molecule has 0 aromatic heterocycles. The van der Waals surface area contributed by atoms with Crippen LogP contribution in [0.4, 0.5) is 0 Å². The summed E-state index contributed by atoms with van der Waals surface area (Å²) in [5, 5.41) is 20.0. The van der Waals surface area contributed by atoms with Gasteiger partial charge < -0.3 is 29.2 Å². The van der Waals surface area contributed by atoms with Crippen molar-refractivity contribution in [2.24, 2.45) is 23.7 Å². The lowest BCUT2D eigenvalue weighted by Gasteiger charge is -2.28. The van der Waals surface area contributed by atoms with E-state index in [9.17, 15) is 19.8 Å². The second kappa shape index (κ2) is 13.6. The first-order chi connectivity index (χ1) is 17.0. The number of hydrogen-bond donors (Lipinski definition) is 2. The third kappa shape index (κ3) is 8.36. The molecule has 0 aliphatic carbocycles. The first kappa shape index (κ1) is 28.8. The first-order valence-electron chi connectivity index (χ1n) is 12.1. The normalized spacial score (nSPS) is 12.8. The number of aromatic hydroxyl groups is 2. The van der Waals surface area contributed by atoms with Crippen molar-refractivity contribution >= 4 is 11.9 Å². The van der Waals surface area contributed by atoms with Gasteiger partial charge in [0, 0.05) is 11.8 Å². The number of carbonyl (C=O) groups is 2. The van der Waals surface area contributed by atoms with E-state index in [4.69, 9.17) is 18.9 Å². The molecule has 0 heterocycles. The largest absolute Gasteiger partial charge is 0.504 e. The number of rotatable bonds is 13. The Morgan fingerprint density at radius 1 is 0.694 bits per heavy atom. The summed E-state index contributed by atoms with van der Waals surface area (Å²) in [4.78, 5) is 24.6. The molecule has 2 unspecified atom stereocenters. The summed E-state index contributed by atoms with van der Waals surface area (Å²) in [7, 11) is 2.96. The number of methoxy groups -OCH3 is 2. The van der Waals surface area contributed by atoms with E-state index in [0.29, 0.717) is 24.3 Å². The maximum atomic E-state index is 12.3. The molecule has 0 saturated carbocycles. The Kier molecular flexibility index (Phi) is 10.9. The highest BCUT2D eigenvalue weighted by Crippen LogP contribution is 2.32. The topological polar surface area (TPSA) is 112 Å². The van der Waals surface area contributed by atoms with E-state index in [1.807, 2.05) is 0 Å². The van der Waals surface area contributed by atoms with Crippen LogP contribution in [0.25, 0.3) is 0 Å². The van der Waals surface area contributed by atoms with Gasteiger partial charge in [-0.05, 0) is 48.2 Å². The van der Waals surface area contributed by atoms with Gasteiger partial charge in [-0.15, -0.1) is 0 Å². The van der Waals surface area contributed by atoms with Crippen molar-refractivity contribution < 1.29 is 38.7 Å². The fourth-order valence-corrected chi connectivity index (χ4v) is 3.74. The summed E-state index contributed by atoms with van der Waals surface area (Å²) in [6.07, 6.45) is 0.974. The second-order valence-electron chi connectivity index (χ2n) is 9.51. The van der Waals surface area contributed by atoms with Crippen LogP contribution in [0.2, 0.25) is 0 Å². The molecular formula is C28H38O8. The first-order valence-corrected chi connectivity index (χ1v) is 12.1. The number of phenolic OH excluding ortho intramolecular Hbond substituents is 2. The molecule has 0 aliphatic rings. The van der Waals surface area contributed by atoms with Gasteiger partial charge in [0.25, 0.3) is 0 Å². The fraction of sp³-hybridized carbons (Fsp3) is 0.500. The molecule has 2 N–H and O–H groups in total. The molecule has 8 nitrogen and oxygen atoms in total. The van der Waals surface area contributed by atoms with Gasteiger partial charge in [0.15, 0.2) is 23.0 Å². The number of phenols is 2. The molecule has 0 aliphatic heterocycles. The molecule has 2 aromatic rings. The predicted molar refractivity (Wildman–Crippen MR) is 135 cm³/mol. The number of ether oxygens (including phenoxy) is 4. The molecule has 0 bridgehead atoms. The predicted octanol–water partition coefficient (Wildman–Crippen LogP) is 4.53. The summed E-state index contributed by atoms with van der Waals surface area (Å²) in [5.74, 6) is -0.877. The molecule has 2 atom stereocenters. The highest BCUT2D eigenvalue weighted by molar-refractivity contribution is 5.71. The van der Waals surface area contributed by atoms with Crippen molar-refractivity contribution in [3.05, 3.63) is 47.5 Å². The van der Waals surface area contributed by atoms with Crippen LogP contribution in [-0.2, 0) is 31.9 Å². The van der Waals surface area contributed by atoms with Crippen LogP contribution in [0, 0.1) is 23.7 Å². The van der Waals surface area contributed by atoms with Gasteiger partial charge in [0.05, 0.1) is 39.3 Å². The molecule has 0 radical (unpaired) electrons. The van der Waals surface area contributed by atoms with Crippen LogP contribution in [0.15, 0.2) is 36.4 Å². The van der Waals surface area contributed by atoms with Crippen molar-refractivity contribution in [3.63, 3.8) is 0 Å². The van der Waals surface area contributed by atoms with Gasteiger partial charge in [0.2, 0.25) is 0 Å². The SMILES string of the molecule is COc1cc(CC(COC(=O)C(C)C)C(COC(=O)C(C)C)Cc2ccc(O)c(OC)c2)ccc1O. The van der Waals surface area contributed by atoms with Gasteiger partial charge in [-0.3, -0.25) is 9.59 Å². The van der Waals surface area contributed by atoms with Crippen LogP contribution in [0.1, 0.15) is 38.8 Å². The van der Waals surface area contributed by atoms with E-state index in [-0.39, 0.29) is 60.3 Å². The highest BCUT2D eigenvalue weighted by Gasteiger charge is 2.27. The third-order valence-corrected chi connectivity index (χ3v) is 5.97. The Labute approximate surface area is 213 Å². The molecule has 198 valence electrons. The van der Waals surface area contributed by atoms with Crippen LogP contribution < -0.4 is 9.47 Å². The molecule has 8 heteroatoms. The molecule has 36 heavy (non-hydrogen) atoms. The standard InChI is InChI=1S/C28H38O8/c1-17(2)27(31)35-15-21(11-19-7-9-23(29)25(13-19)33-5)22(16-36-28(32)18(3)4)12-20-8-10-24(30)26(14-20)34-6/h7-10,13-14,17-18,21-22,29-30H,11-12,15-16H2,1-6H3. The summed E-state index contributed by atoms with van der Waals surface area (Å²) in [5.41, 5.74) is 1.75. The number of benzene rings is 2. The maximum absolute atomic E-state index is 12.3. The summed E-state index contributed by atoms with van der Waals surface area (Å²) in [6.45, 7) is 7.33. The summed E-state index contributed by atoms with van der Waals surface area (Å²) < 4.78 is 21.8. The maximum Gasteiger partial charge on any atom is 0.308 e.